The molecular weight excluding hydrogens is 269 g/mol. The zero-order chi connectivity index (χ0) is 14.7. The Labute approximate surface area is 114 Å². The maximum absolute atomic E-state index is 13.3. The Balaban J connectivity index is 2.28. The molecule has 1 heterocycles. The van der Waals surface area contributed by atoms with Crippen LogP contribution in [0.1, 0.15) is 24.2 Å². The Bertz CT molecular complexity index is 574. The van der Waals surface area contributed by atoms with E-state index in [4.69, 9.17) is 0 Å². The fraction of sp³-hybridized carbons (Fsp3) is 0.385. The number of hydrogen-bond acceptors (Lipinski definition) is 3. The van der Waals surface area contributed by atoms with Gasteiger partial charge >= 0.3 is 0 Å². The molecule has 2 rings (SSSR count). The minimum absolute atomic E-state index is 0.342. The highest BCUT2D eigenvalue weighted by Crippen LogP contribution is 2.22. The molecule has 0 aliphatic heterocycles. The van der Waals surface area contributed by atoms with Crippen LogP contribution in [0.2, 0.25) is 0 Å². The fourth-order valence-electron chi connectivity index (χ4n) is 2.03. The second-order valence-electron chi connectivity index (χ2n) is 4.50. The van der Waals surface area contributed by atoms with Crippen LogP contribution in [0.15, 0.2) is 18.3 Å². The predicted octanol–water partition coefficient (Wildman–Crippen LogP) is 2.13. The zero-order valence-corrected chi connectivity index (χ0v) is 11.2. The quantitative estimate of drug-likeness (QED) is 0.855. The van der Waals surface area contributed by atoms with Crippen LogP contribution in [0.4, 0.5) is 13.2 Å². The van der Waals surface area contributed by atoms with Crippen molar-refractivity contribution in [1.29, 1.82) is 0 Å². The molecule has 0 radical (unpaired) electrons. The summed E-state index contributed by atoms with van der Waals surface area (Å²) < 4.78 is 41.2. The Hall–Kier alpha value is -1.89. The van der Waals surface area contributed by atoms with Gasteiger partial charge in [-0.05, 0) is 24.2 Å². The molecule has 1 aromatic carbocycles. The summed E-state index contributed by atoms with van der Waals surface area (Å²) in [5, 5.41) is 10.8. The van der Waals surface area contributed by atoms with Crippen molar-refractivity contribution in [2.24, 2.45) is 7.05 Å². The van der Waals surface area contributed by atoms with Gasteiger partial charge in [0.15, 0.2) is 17.5 Å². The van der Waals surface area contributed by atoms with Gasteiger partial charge in [-0.3, -0.25) is 4.68 Å². The second-order valence-corrected chi connectivity index (χ2v) is 4.50. The Morgan fingerprint density at radius 1 is 1.25 bits per heavy atom. The number of aromatic nitrogens is 3. The van der Waals surface area contributed by atoms with Crippen LogP contribution in [0.3, 0.4) is 0 Å². The minimum atomic E-state index is -1.46. The number of nitrogens with zero attached hydrogens (tertiary/aromatic N) is 3. The van der Waals surface area contributed by atoms with E-state index < -0.39 is 17.5 Å². The van der Waals surface area contributed by atoms with Crippen molar-refractivity contribution < 1.29 is 13.2 Å². The molecule has 0 saturated carbocycles. The minimum Gasteiger partial charge on any atom is -0.310 e. The van der Waals surface area contributed by atoms with Gasteiger partial charge in [0.1, 0.15) is 0 Å². The standard InChI is InChI=1S/C13H15F3N4/c1-3-17-12(6-9-7-20(2)19-18-9)8-4-10(14)13(16)11(15)5-8/h4-5,7,12,17H,3,6H2,1-2H3. The molecule has 0 bridgehead atoms. The van der Waals surface area contributed by atoms with Crippen LogP contribution in [-0.2, 0) is 13.5 Å². The van der Waals surface area contributed by atoms with Crippen LogP contribution in [0.5, 0.6) is 0 Å². The van der Waals surface area contributed by atoms with Gasteiger partial charge in [0, 0.05) is 25.7 Å². The number of nitrogens with one attached hydrogen (secondary N) is 1. The first-order chi connectivity index (χ1) is 9.51. The Morgan fingerprint density at radius 2 is 1.90 bits per heavy atom. The molecule has 108 valence electrons. The number of aryl methyl sites for hydroxylation is 1. The molecule has 7 heteroatoms. The van der Waals surface area contributed by atoms with Gasteiger partial charge in [0.05, 0.1) is 5.69 Å². The van der Waals surface area contributed by atoms with Gasteiger partial charge in [-0.2, -0.15) is 0 Å². The molecule has 0 saturated heterocycles. The van der Waals surface area contributed by atoms with E-state index >= 15 is 0 Å². The maximum Gasteiger partial charge on any atom is 0.194 e. The number of rotatable bonds is 5. The topological polar surface area (TPSA) is 42.7 Å². The first-order valence-corrected chi connectivity index (χ1v) is 6.24. The van der Waals surface area contributed by atoms with Gasteiger partial charge in [0.25, 0.3) is 0 Å². The van der Waals surface area contributed by atoms with Crippen molar-refractivity contribution in [3.05, 3.63) is 47.0 Å². The molecule has 0 aliphatic rings. The molecule has 2 aromatic rings. The summed E-state index contributed by atoms with van der Waals surface area (Å²) in [6.45, 7) is 2.48. The van der Waals surface area contributed by atoms with Gasteiger partial charge in [-0.25, -0.2) is 13.2 Å². The summed E-state index contributed by atoms with van der Waals surface area (Å²) in [7, 11) is 1.73. The van der Waals surface area contributed by atoms with E-state index in [9.17, 15) is 13.2 Å². The van der Waals surface area contributed by atoms with Gasteiger partial charge in [-0.15, -0.1) is 5.10 Å². The number of likely N-dealkylation sites (N-methyl/N-ethyl adjacent to an activating group) is 1. The molecule has 20 heavy (non-hydrogen) atoms. The molecule has 1 unspecified atom stereocenters. The highest BCUT2D eigenvalue weighted by atomic mass is 19.2. The van der Waals surface area contributed by atoms with Crippen molar-refractivity contribution >= 4 is 0 Å². The van der Waals surface area contributed by atoms with E-state index in [-0.39, 0.29) is 6.04 Å². The van der Waals surface area contributed by atoms with Crippen LogP contribution < -0.4 is 5.32 Å². The van der Waals surface area contributed by atoms with Crippen molar-refractivity contribution in [3.8, 4) is 0 Å². The number of benzene rings is 1. The molecule has 1 aromatic heterocycles. The van der Waals surface area contributed by atoms with Crippen LogP contribution in [0.25, 0.3) is 0 Å². The van der Waals surface area contributed by atoms with Crippen molar-refractivity contribution in [2.75, 3.05) is 6.54 Å². The van der Waals surface area contributed by atoms with E-state index in [1.165, 1.54) is 0 Å². The van der Waals surface area contributed by atoms with Crippen molar-refractivity contribution in [1.82, 2.24) is 20.3 Å². The summed E-state index contributed by atoms with van der Waals surface area (Å²) in [5.74, 6) is -3.84. The van der Waals surface area contributed by atoms with Gasteiger partial charge < -0.3 is 5.32 Å². The zero-order valence-electron chi connectivity index (χ0n) is 11.2. The highest BCUT2D eigenvalue weighted by molar-refractivity contribution is 5.24. The third kappa shape index (κ3) is 3.16. The molecule has 0 amide bonds. The lowest BCUT2D eigenvalue weighted by atomic mass is 10.0. The molecule has 0 fully saturated rings. The Morgan fingerprint density at radius 3 is 2.40 bits per heavy atom. The van der Waals surface area contributed by atoms with E-state index in [0.29, 0.717) is 24.2 Å². The van der Waals surface area contributed by atoms with Gasteiger partial charge in [0.2, 0.25) is 0 Å². The summed E-state index contributed by atoms with van der Waals surface area (Å²) >= 11 is 0. The number of halogens is 3. The summed E-state index contributed by atoms with van der Waals surface area (Å²) in [5.41, 5.74) is 1.03. The lowest BCUT2D eigenvalue weighted by Gasteiger charge is -2.17. The molecule has 1 atom stereocenters. The van der Waals surface area contributed by atoms with Crippen LogP contribution in [-0.4, -0.2) is 21.5 Å². The Kier molecular flexibility index (Phi) is 4.39. The lowest BCUT2D eigenvalue weighted by Crippen LogP contribution is -2.23. The van der Waals surface area contributed by atoms with Crippen LogP contribution >= 0.6 is 0 Å². The predicted molar refractivity (Wildman–Crippen MR) is 67.4 cm³/mol. The summed E-state index contributed by atoms with van der Waals surface area (Å²) in [6.07, 6.45) is 2.13. The third-order valence-corrected chi connectivity index (χ3v) is 2.92. The van der Waals surface area contributed by atoms with Gasteiger partial charge in [-0.1, -0.05) is 12.1 Å². The van der Waals surface area contributed by atoms with Crippen molar-refractivity contribution in [2.45, 2.75) is 19.4 Å². The average molecular weight is 284 g/mol. The third-order valence-electron chi connectivity index (χ3n) is 2.92. The smallest absolute Gasteiger partial charge is 0.194 e. The monoisotopic (exact) mass is 284 g/mol. The molecule has 0 aliphatic carbocycles. The largest absolute Gasteiger partial charge is 0.310 e. The lowest BCUT2D eigenvalue weighted by molar-refractivity contribution is 0.439. The molecule has 1 N–H and O–H groups in total. The normalized spacial score (nSPS) is 12.7. The summed E-state index contributed by atoms with van der Waals surface area (Å²) in [4.78, 5) is 0. The van der Waals surface area contributed by atoms with E-state index in [0.717, 1.165) is 12.1 Å². The average Bonchev–Trinajstić information content (AvgIpc) is 2.80. The van der Waals surface area contributed by atoms with Crippen LogP contribution in [0, 0.1) is 17.5 Å². The SMILES string of the molecule is CCNC(Cc1cn(C)nn1)c1cc(F)c(F)c(F)c1. The molecule has 4 nitrogen and oxygen atoms in total. The summed E-state index contributed by atoms with van der Waals surface area (Å²) in [6, 6.07) is 1.64. The van der Waals surface area contributed by atoms with Crippen molar-refractivity contribution in [3.63, 3.8) is 0 Å². The number of hydrogen-bond donors (Lipinski definition) is 1. The maximum atomic E-state index is 13.3. The van der Waals surface area contributed by atoms with E-state index in [1.807, 2.05) is 6.92 Å². The molecular formula is C13H15F3N4. The first kappa shape index (κ1) is 14.5. The second kappa shape index (κ2) is 6.04. The molecule has 0 spiro atoms. The first-order valence-electron chi connectivity index (χ1n) is 6.24. The van der Waals surface area contributed by atoms with E-state index in [1.54, 1.807) is 17.9 Å². The van der Waals surface area contributed by atoms with E-state index in [2.05, 4.69) is 15.6 Å². The fourth-order valence-corrected chi connectivity index (χ4v) is 2.03. The highest BCUT2D eigenvalue weighted by Gasteiger charge is 2.18.